The molecule has 46 heavy (non-hydrogen) atoms. The van der Waals surface area contributed by atoms with Gasteiger partial charge in [-0.25, -0.2) is 9.59 Å². The van der Waals surface area contributed by atoms with Gasteiger partial charge in [0.1, 0.15) is 0 Å². The molecule has 1 aromatic heterocycles. The smallest absolute Gasteiger partial charge is 0.359 e. The average molecular weight is 677 g/mol. The molecule has 0 aliphatic carbocycles. The van der Waals surface area contributed by atoms with Crippen LogP contribution in [0.3, 0.4) is 0 Å². The second-order valence-corrected chi connectivity index (χ2v) is 12.0. The average Bonchev–Trinajstić information content (AvgIpc) is 3.33. The number of aromatic nitrogens is 2. The lowest BCUT2D eigenvalue weighted by atomic mass is 10.0. The first-order valence-corrected chi connectivity index (χ1v) is 16.0. The van der Waals surface area contributed by atoms with Crippen LogP contribution in [0.15, 0.2) is 76.0 Å². The molecule has 0 spiro atoms. The topological polar surface area (TPSA) is 252 Å². The van der Waals surface area contributed by atoms with Gasteiger partial charge in [0.25, 0.3) is 26.1 Å². The van der Waals surface area contributed by atoms with Gasteiger partial charge in [0.05, 0.1) is 39.8 Å². The molecule has 18 heteroatoms. The Morgan fingerprint density at radius 2 is 1.41 bits per heavy atom. The van der Waals surface area contributed by atoms with E-state index in [9.17, 15) is 40.9 Å². The summed E-state index contributed by atoms with van der Waals surface area (Å²) in [5.74, 6) is -3.68. The molecule has 0 aliphatic rings. The van der Waals surface area contributed by atoms with E-state index in [1.165, 1.54) is 39.0 Å². The van der Waals surface area contributed by atoms with Crippen LogP contribution in [-0.2, 0) is 39.3 Å². The second kappa shape index (κ2) is 14.3. The fourth-order valence-corrected chi connectivity index (χ4v) is 4.80. The summed E-state index contributed by atoms with van der Waals surface area (Å²) in [5, 5.41) is 25.9. The largest absolute Gasteiger partial charge is 0.493 e. The molecular formula is C28H28N4O12S2. The molecule has 0 saturated heterocycles. The van der Waals surface area contributed by atoms with Gasteiger partial charge >= 0.3 is 11.9 Å². The predicted molar refractivity (Wildman–Crippen MR) is 162 cm³/mol. The molecule has 5 N–H and O–H groups in total. The van der Waals surface area contributed by atoms with Gasteiger partial charge in [-0.05, 0) is 81.0 Å². The fraction of sp³-hybridized carbons (Fsp3) is 0.179. The van der Waals surface area contributed by atoms with Crippen molar-refractivity contribution in [2.45, 2.75) is 30.6 Å². The van der Waals surface area contributed by atoms with Crippen molar-refractivity contribution in [2.75, 3.05) is 18.5 Å². The quantitative estimate of drug-likeness (QED) is 0.0609. The fourth-order valence-electron chi connectivity index (χ4n) is 3.84. The molecule has 1 heterocycles. The van der Waals surface area contributed by atoms with E-state index in [-0.39, 0.29) is 41.4 Å². The number of amides is 1. The van der Waals surface area contributed by atoms with E-state index in [0.717, 1.165) is 47.2 Å². The van der Waals surface area contributed by atoms with E-state index in [2.05, 4.69) is 10.4 Å². The van der Waals surface area contributed by atoms with Gasteiger partial charge in [0.2, 0.25) is 5.88 Å². The van der Waals surface area contributed by atoms with E-state index in [1.807, 2.05) is 0 Å². The van der Waals surface area contributed by atoms with Crippen molar-refractivity contribution in [1.29, 1.82) is 5.41 Å². The van der Waals surface area contributed by atoms with Crippen LogP contribution in [0.2, 0.25) is 0 Å². The van der Waals surface area contributed by atoms with Gasteiger partial charge in [-0.2, -0.15) is 26.6 Å². The summed E-state index contributed by atoms with van der Waals surface area (Å²) in [6.45, 7) is 4.28. The van der Waals surface area contributed by atoms with Crippen molar-refractivity contribution < 1.29 is 54.9 Å². The van der Waals surface area contributed by atoms with Crippen molar-refractivity contribution in [3.05, 3.63) is 77.5 Å². The zero-order valence-corrected chi connectivity index (χ0v) is 26.0. The highest BCUT2D eigenvalue weighted by Crippen LogP contribution is 2.32. The SMILES string of the molecule is CCOC(=O)C(=N)/C(=C/C=C(C)c1c(C(=O)OCC)nn(-c2ccc(S(=O)(=O)O)cc2)c1O)C(=O)Nc1ccc(S(=O)(=O)O)cc1. The highest BCUT2D eigenvalue weighted by atomic mass is 32.2. The second-order valence-electron chi connectivity index (χ2n) is 9.13. The molecule has 0 atom stereocenters. The number of aromatic hydroxyl groups is 1. The van der Waals surface area contributed by atoms with Crippen molar-refractivity contribution in [3.63, 3.8) is 0 Å². The summed E-state index contributed by atoms with van der Waals surface area (Å²) in [4.78, 5) is 37.5. The van der Waals surface area contributed by atoms with Crippen molar-refractivity contribution in [1.82, 2.24) is 9.78 Å². The minimum Gasteiger partial charge on any atom is -0.493 e. The number of allylic oxidation sites excluding steroid dienone is 3. The molecule has 0 bridgehead atoms. The number of rotatable bonds is 12. The number of carbonyl (C=O) groups excluding carboxylic acids is 3. The van der Waals surface area contributed by atoms with Gasteiger partial charge in [0.15, 0.2) is 11.4 Å². The number of benzene rings is 2. The number of anilines is 1. The number of carbonyl (C=O) groups is 3. The molecule has 244 valence electrons. The molecule has 0 saturated carbocycles. The van der Waals surface area contributed by atoms with Gasteiger partial charge in [-0.15, -0.1) is 0 Å². The zero-order valence-electron chi connectivity index (χ0n) is 24.4. The number of nitrogens with one attached hydrogen (secondary N) is 2. The van der Waals surface area contributed by atoms with Crippen LogP contribution in [0.25, 0.3) is 11.3 Å². The molecule has 16 nitrogen and oxygen atoms in total. The molecule has 2 aromatic carbocycles. The summed E-state index contributed by atoms with van der Waals surface area (Å²) in [6, 6.07) is 8.86. The predicted octanol–water partition coefficient (Wildman–Crippen LogP) is 2.80. The molecule has 3 aromatic rings. The molecule has 0 radical (unpaired) electrons. The summed E-state index contributed by atoms with van der Waals surface area (Å²) in [5.41, 5.74) is -1.69. The van der Waals surface area contributed by atoms with Crippen LogP contribution in [0.1, 0.15) is 36.8 Å². The highest BCUT2D eigenvalue weighted by Gasteiger charge is 2.27. The van der Waals surface area contributed by atoms with Crippen molar-refractivity contribution in [3.8, 4) is 11.6 Å². The Bertz CT molecular complexity index is 1960. The molecule has 1 amide bonds. The molecular weight excluding hydrogens is 648 g/mol. The monoisotopic (exact) mass is 676 g/mol. The Morgan fingerprint density at radius 1 is 0.891 bits per heavy atom. The van der Waals surface area contributed by atoms with E-state index in [4.69, 9.17) is 19.4 Å². The third-order valence-corrected chi connectivity index (χ3v) is 7.74. The standard InChI is InChI=1S/C28H28N4O12S2/c1-4-43-27(35)23(29)21(25(33)30-17-7-11-19(12-8-17)45(37,38)39)15-6-16(3)22-24(28(36)44-5-2)31-32(26(22)34)18-9-13-20(14-10-18)46(40,41)42/h6-15,29,34H,4-5H2,1-3H3,(H,30,33)(H,37,38,39)(H,40,41,42)/b16-6?,21-15-,29-23?. The Kier molecular flexibility index (Phi) is 11.0. The lowest BCUT2D eigenvalue weighted by molar-refractivity contribution is -0.135. The maximum Gasteiger partial charge on any atom is 0.359 e. The van der Waals surface area contributed by atoms with Gasteiger partial charge in [0, 0.05) is 5.69 Å². The van der Waals surface area contributed by atoms with Crippen LogP contribution in [0.5, 0.6) is 5.88 Å². The first-order chi connectivity index (χ1) is 21.5. The molecule has 0 aliphatic heterocycles. The summed E-state index contributed by atoms with van der Waals surface area (Å²) < 4.78 is 74.7. The third kappa shape index (κ3) is 8.30. The minimum absolute atomic E-state index is 0.0456. The Balaban J connectivity index is 2.11. The van der Waals surface area contributed by atoms with E-state index >= 15 is 0 Å². The third-order valence-electron chi connectivity index (χ3n) is 6.01. The molecule has 3 rings (SSSR count). The van der Waals surface area contributed by atoms with Crippen LogP contribution in [0, 0.1) is 5.41 Å². The van der Waals surface area contributed by atoms with Crippen LogP contribution >= 0.6 is 0 Å². The first kappa shape index (κ1) is 35.3. The van der Waals surface area contributed by atoms with Crippen LogP contribution in [-0.4, -0.2) is 77.6 Å². The lowest BCUT2D eigenvalue weighted by Crippen LogP contribution is -2.27. The maximum atomic E-state index is 13.2. The Hall–Kier alpha value is -5.17. The zero-order chi connectivity index (χ0) is 34.4. The number of ether oxygens (including phenoxy) is 2. The summed E-state index contributed by atoms with van der Waals surface area (Å²) in [6.07, 6.45) is 2.25. The highest BCUT2D eigenvalue weighted by molar-refractivity contribution is 7.86. The van der Waals surface area contributed by atoms with E-state index < -0.39 is 65.0 Å². The minimum atomic E-state index is -4.52. The van der Waals surface area contributed by atoms with Crippen LogP contribution < -0.4 is 5.32 Å². The Labute approximate surface area is 263 Å². The van der Waals surface area contributed by atoms with Crippen LogP contribution in [0.4, 0.5) is 5.69 Å². The number of hydrogen-bond donors (Lipinski definition) is 5. The first-order valence-electron chi connectivity index (χ1n) is 13.1. The van der Waals surface area contributed by atoms with Crippen molar-refractivity contribution >= 4 is 55.1 Å². The summed E-state index contributed by atoms with van der Waals surface area (Å²) >= 11 is 0. The van der Waals surface area contributed by atoms with Crippen molar-refractivity contribution in [2.24, 2.45) is 0 Å². The maximum absolute atomic E-state index is 13.2. The Morgan fingerprint density at radius 3 is 1.91 bits per heavy atom. The van der Waals surface area contributed by atoms with Gasteiger partial charge in [-0.1, -0.05) is 6.08 Å². The molecule has 0 unspecified atom stereocenters. The van der Waals surface area contributed by atoms with E-state index in [0.29, 0.717) is 0 Å². The molecule has 0 fully saturated rings. The lowest BCUT2D eigenvalue weighted by Gasteiger charge is -2.10. The van der Waals surface area contributed by atoms with E-state index in [1.54, 1.807) is 0 Å². The normalized spacial score (nSPS) is 12.4. The summed E-state index contributed by atoms with van der Waals surface area (Å²) in [7, 11) is -9.02. The number of nitrogens with zero attached hydrogens (tertiary/aromatic N) is 2. The number of esters is 2. The van der Waals surface area contributed by atoms with Gasteiger partial charge in [-0.3, -0.25) is 19.3 Å². The van der Waals surface area contributed by atoms with Gasteiger partial charge < -0.3 is 19.9 Å². The number of hydrogen-bond acceptors (Lipinski definition) is 12.